The monoisotopic (exact) mass is 318 g/mol. The zero-order chi connectivity index (χ0) is 13.5. The van der Waals surface area contributed by atoms with Gasteiger partial charge in [0.2, 0.25) is 5.91 Å². The topological polar surface area (TPSA) is 41.1 Å². The summed E-state index contributed by atoms with van der Waals surface area (Å²) in [4.78, 5) is 12.8. The van der Waals surface area contributed by atoms with Crippen LogP contribution in [-0.2, 0) is 4.79 Å². The first-order valence-electron chi connectivity index (χ1n) is 6.62. The van der Waals surface area contributed by atoms with Crippen LogP contribution in [0.15, 0.2) is 29.2 Å². The van der Waals surface area contributed by atoms with Crippen molar-refractivity contribution >= 4 is 30.1 Å². The summed E-state index contributed by atoms with van der Waals surface area (Å²) >= 11 is 1.68. The summed E-state index contributed by atoms with van der Waals surface area (Å²) in [7, 11) is 0. The van der Waals surface area contributed by atoms with E-state index in [4.69, 9.17) is 0 Å². The van der Waals surface area contributed by atoms with E-state index in [1.807, 2.05) is 0 Å². The minimum Gasteiger partial charge on any atom is -0.356 e. The summed E-state index contributed by atoms with van der Waals surface area (Å²) in [5, 5.41) is 6.15. The predicted molar refractivity (Wildman–Crippen MR) is 83.0 cm³/mol. The Hall–Kier alpha value is -0.780. The molecule has 1 fully saturated rings. The van der Waals surface area contributed by atoms with Gasteiger partial charge in [0, 0.05) is 18.0 Å². The first-order valence-corrected chi connectivity index (χ1v) is 7.61. The Bertz CT molecular complexity index is 410. The molecule has 0 radical (unpaired) electrons. The lowest BCUT2D eigenvalue weighted by atomic mass is 10.1. The molecular weight excluding hydrogens is 299 g/mol. The largest absolute Gasteiger partial charge is 0.356 e. The van der Waals surface area contributed by atoms with Crippen molar-refractivity contribution in [1.82, 2.24) is 10.6 Å². The highest BCUT2D eigenvalue weighted by atomic mass is 35.5. The average molecular weight is 319 g/mol. The van der Waals surface area contributed by atoms with Crippen molar-refractivity contribution in [2.24, 2.45) is 5.92 Å². The highest BCUT2D eigenvalue weighted by molar-refractivity contribution is 7.99. The third-order valence-electron chi connectivity index (χ3n) is 3.13. The summed E-state index contributed by atoms with van der Waals surface area (Å²) in [6, 6.07) is 6.50. The van der Waals surface area contributed by atoms with Crippen LogP contribution in [0.2, 0.25) is 0 Å². The summed E-state index contributed by atoms with van der Waals surface area (Å²) in [6.45, 7) is 2.46. The molecule has 6 heteroatoms. The predicted octanol–water partition coefficient (Wildman–Crippen LogP) is 2.46. The van der Waals surface area contributed by atoms with Gasteiger partial charge in [-0.1, -0.05) is 0 Å². The molecule has 3 nitrogen and oxygen atoms in total. The second-order valence-corrected chi connectivity index (χ2v) is 5.81. The maximum absolute atomic E-state index is 12.7. The second-order valence-electron chi connectivity index (χ2n) is 4.64. The van der Waals surface area contributed by atoms with Crippen LogP contribution in [0.3, 0.4) is 0 Å². The molecule has 1 amide bonds. The van der Waals surface area contributed by atoms with Gasteiger partial charge in [-0.25, -0.2) is 4.39 Å². The van der Waals surface area contributed by atoms with Crippen molar-refractivity contribution in [3.8, 4) is 0 Å². The van der Waals surface area contributed by atoms with Crippen LogP contribution in [0.5, 0.6) is 0 Å². The number of rotatable bonds is 6. The molecule has 1 aromatic rings. The Morgan fingerprint density at radius 3 is 2.80 bits per heavy atom. The average Bonchev–Trinajstić information content (AvgIpc) is 2.94. The molecule has 1 saturated heterocycles. The highest BCUT2D eigenvalue weighted by Gasteiger charge is 2.21. The molecule has 0 aromatic heterocycles. The van der Waals surface area contributed by atoms with Crippen molar-refractivity contribution in [3.63, 3.8) is 0 Å². The van der Waals surface area contributed by atoms with E-state index < -0.39 is 0 Å². The first-order chi connectivity index (χ1) is 9.25. The molecule has 1 atom stereocenters. The van der Waals surface area contributed by atoms with Gasteiger partial charge >= 0.3 is 0 Å². The second kappa shape index (κ2) is 9.21. The number of carbonyl (C=O) groups excluding carboxylic acids is 1. The fraction of sp³-hybridized carbons (Fsp3) is 0.500. The minimum absolute atomic E-state index is 0. The van der Waals surface area contributed by atoms with Crippen LogP contribution in [0, 0.1) is 11.7 Å². The van der Waals surface area contributed by atoms with Crippen LogP contribution in [-0.4, -0.2) is 31.3 Å². The van der Waals surface area contributed by atoms with Gasteiger partial charge in [-0.05, 0) is 49.4 Å². The van der Waals surface area contributed by atoms with Crippen molar-refractivity contribution in [2.45, 2.75) is 17.7 Å². The number of benzene rings is 1. The van der Waals surface area contributed by atoms with Crippen molar-refractivity contribution in [1.29, 1.82) is 0 Å². The van der Waals surface area contributed by atoms with Gasteiger partial charge in [-0.3, -0.25) is 4.79 Å². The molecule has 1 aliphatic rings. The molecule has 0 saturated carbocycles. The molecule has 20 heavy (non-hydrogen) atoms. The van der Waals surface area contributed by atoms with Crippen molar-refractivity contribution in [3.05, 3.63) is 30.1 Å². The first kappa shape index (κ1) is 17.3. The van der Waals surface area contributed by atoms with Crippen LogP contribution >= 0.6 is 24.2 Å². The van der Waals surface area contributed by atoms with E-state index in [0.29, 0.717) is 6.54 Å². The van der Waals surface area contributed by atoms with Gasteiger partial charge in [0.05, 0.1) is 5.92 Å². The van der Waals surface area contributed by atoms with Gasteiger partial charge in [0.1, 0.15) is 5.82 Å². The van der Waals surface area contributed by atoms with E-state index in [-0.39, 0.29) is 30.0 Å². The molecule has 1 heterocycles. The highest BCUT2D eigenvalue weighted by Crippen LogP contribution is 2.18. The Balaban J connectivity index is 0.00000200. The number of hydrogen-bond acceptors (Lipinski definition) is 3. The van der Waals surface area contributed by atoms with E-state index >= 15 is 0 Å². The number of hydrogen-bond donors (Lipinski definition) is 2. The molecule has 1 unspecified atom stereocenters. The lowest BCUT2D eigenvalue weighted by molar-refractivity contribution is -0.124. The van der Waals surface area contributed by atoms with Crippen LogP contribution in [0.1, 0.15) is 12.8 Å². The SMILES string of the molecule is Cl.O=C(NCCCSc1ccc(F)cc1)C1CCNC1. The number of nitrogens with one attached hydrogen (secondary N) is 2. The molecule has 0 bridgehead atoms. The Kier molecular flexibility index (Phi) is 7.95. The van der Waals surface area contributed by atoms with Gasteiger partial charge in [-0.2, -0.15) is 0 Å². The van der Waals surface area contributed by atoms with Gasteiger partial charge < -0.3 is 10.6 Å². The normalized spacial score (nSPS) is 17.6. The molecule has 112 valence electrons. The Morgan fingerprint density at radius 2 is 2.15 bits per heavy atom. The van der Waals surface area contributed by atoms with Crippen molar-refractivity contribution < 1.29 is 9.18 Å². The number of amides is 1. The van der Waals surface area contributed by atoms with Crippen LogP contribution in [0.25, 0.3) is 0 Å². The van der Waals surface area contributed by atoms with Gasteiger partial charge in [-0.15, -0.1) is 24.2 Å². The fourth-order valence-corrected chi connectivity index (χ4v) is 2.88. The Labute approximate surface area is 129 Å². The minimum atomic E-state index is -0.207. The van der Waals surface area contributed by atoms with E-state index in [9.17, 15) is 9.18 Å². The molecule has 1 aliphatic heterocycles. The molecule has 2 N–H and O–H groups in total. The molecular formula is C14H20ClFN2OS. The smallest absolute Gasteiger partial charge is 0.224 e. The van der Waals surface area contributed by atoms with E-state index in [0.717, 1.165) is 36.6 Å². The summed E-state index contributed by atoms with van der Waals surface area (Å²) in [6.07, 6.45) is 1.87. The van der Waals surface area contributed by atoms with E-state index in [1.165, 1.54) is 12.1 Å². The summed E-state index contributed by atoms with van der Waals surface area (Å²) in [5.41, 5.74) is 0. The maximum atomic E-state index is 12.7. The van der Waals surface area contributed by atoms with Crippen LogP contribution in [0.4, 0.5) is 4.39 Å². The third-order valence-corrected chi connectivity index (χ3v) is 4.23. The molecule has 1 aromatic carbocycles. The molecule has 0 aliphatic carbocycles. The quantitative estimate of drug-likeness (QED) is 0.625. The van der Waals surface area contributed by atoms with Crippen LogP contribution < -0.4 is 10.6 Å². The maximum Gasteiger partial charge on any atom is 0.224 e. The lowest BCUT2D eigenvalue weighted by Gasteiger charge is -2.09. The summed E-state index contributed by atoms with van der Waals surface area (Å²) in [5.74, 6) is 1.03. The van der Waals surface area contributed by atoms with Crippen molar-refractivity contribution in [2.75, 3.05) is 25.4 Å². The zero-order valence-corrected chi connectivity index (χ0v) is 12.9. The third kappa shape index (κ3) is 5.69. The molecule has 0 spiro atoms. The Morgan fingerprint density at radius 1 is 1.40 bits per heavy atom. The van der Waals surface area contributed by atoms with E-state index in [2.05, 4.69) is 10.6 Å². The zero-order valence-electron chi connectivity index (χ0n) is 11.2. The summed E-state index contributed by atoms with van der Waals surface area (Å²) < 4.78 is 12.7. The molecule has 2 rings (SSSR count). The number of thioether (sulfide) groups is 1. The number of carbonyl (C=O) groups is 1. The van der Waals surface area contributed by atoms with E-state index in [1.54, 1.807) is 23.9 Å². The standard InChI is InChI=1S/C14H19FN2OS.ClH/c15-12-2-4-13(5-3-12)19-9-1-7-17-14(18)11-6-8-16-10-11;/h2-5,11,16H,1,6-10H2,(H,17,18);1H. The number of halogens is 2. The lowest BCUT2D eigenvalue weighted by Crippen LogP contribution is -2.32. The van der Waals surface area contributed by atoms with Gasteiger partial charge in [0.15, 0.2) is 0 Å². The van der Waals surface area contributed by atoms with Gasteiger partial charge in [0.25, 0.3) is 0 Å². The fourth-order valence-electron chi connectivity index (χ4n) is 2.03.